The maximum atomic E-state index is 12.7. The highest BCUT2D eigenvalue weighted by Crippen LogP contribution is 2.19. The summed E-state index contributed by atoms with van der Waals surface area (Å²) >= 11 is 0. The fourth-order valence-corrected chi connectivity index (χ4v) is 0.500. The van der Waals surface area contributed by atoms with E-state index >= 15 is 0 Å². The first-order chi connectivity index (χ1) is 8.16. The standard InChI is InChI=1S/C9H8F6O3/c1-3(5(10)11)7(14)17-9(16)18-8(15)4(2)6(12)13/h5-6H,1-2H3. The number of hydrogen-bond acceptors (Lipinski definition) is 3. The van der Waals surface area contributed by atoms with Crippen LogP contribution in [0, 0.1) is 0 Å². The summed E-state index contributed by atoms with van der Waals surface area (Å²) in [6.45, 7) is 1.23. The molecule has 0 aromatic carbocycles. The Morgan fingerprint density at radius 3 is 1.33 bits per heavy atom. The summed E-state index contributed by atoms with van der Waals surface area (Å²) in [5.41, 5.74) is -2.44. The predicted molar refractivity (Wildman–Crippen MR) is 47.2 cm³/mol. The monoisotopic (exact) mass is 278 g/mol. The van der Waals surface area contributed by atoms with Crippen molar-refractivity contribution in [2.75, 3.05) is 0 Å². The van der Waals surface area contributed by atoms with Crippen LogP contribution in [0.3, 0.4) is 0 Å². The maximum Gasteiger partial charge on any atom is 0.523 e. The number of carbonyl (C=O) groups excluding carboxylic acids is 1. The Kier molecular flexibility index (Phi) is 6.28. The van der Waals surface area contributed by atoms with Gasteiger partial charge in [0.1, 0.15) is 0 Å². The molecule has 0 heterocycles. The SMILES string of the molecule is CC(=C(F)OC(=O)OC(F)=C(C)C(F)F)C(F)F. The highest BCUT2D eigenvalue weighted by atomic mass is 19.3. The third kappa shape index (κ3) is 5.11. The lowest BCUT2D eigenvalue weighted by Crippen LogP contribution is -2.09. The summed E-state index contributed by atoms with van der Waals surface area (Å²) in [7, 11) is 0. The second-order valence-corrected chi connectivity index (χ2v) is 2.97. The minimum atomic E-state index is -3.24. The second-order valence-electron chi connectivity index (χ2n) is 2.97. The van der Waals surface area contributed by atoms with E-state index in [1.165, 1.54) is 0 Å². The summed E-state index contributed by atoms with van der Waals surface area (Å²) in [4.78, 5) is 10.6. The van der Waals surface area contributed by atoms with Crippen LogP contribution in [0.2, 0.25) is 0 Å². The molecule has 0 saturated carbocycles. The fourth-order valence-electron chi connectivity index (χ4n) is 0.500. The van der Waals surface area contributed by atoms with E-state index < -0.39 is 42.2 Å². The van der Waals surface area contributed by atoms with E-state index in [4.69, 9.17) is 0 Å². The Labute approximate surface area is 97.7 Å². The molecule has 0 unspecified atom stereocenters. The van der Waals surface area contributed by atoms with Crippen LogP contribution < -0.4 is 0 Å². The van der Waals surface area contributed by atoms with Crippen LogP contribution in [-0.2, 0) is 9.47 Å². The number of halogens is 6. The van der Waals surface area contributed by atoms with Crippen LogP contribution in [-0.4, -0.2) is 19.0 Å². The molecule has 0 rings (SSSR count). The van der Waals surface area contributed by atoms with Gasteiger partial charge in [0.15, 0.2) is 0 Å². The molecule has 0 amide bonds. The van der Waals surface area contributed by atoms with Crippen molar-refractivity contribution in [1.29, 1.82) is 0 Å². The molecule has 0 aliphatic rings. The van der Waals surface area contributed by atoms with E-state index in [1.807, 2.05) is 0 Å². The number of carbonyl (C=O) groups is 1. The van der Waals surface area contributed by atoms with Crippen LogP contribution >= 0.6 is 0 Å². The van der Waals surface area contributed by atoms with Gasteiger partial charge in [-0.1, -0.05) is 0 Å². The summed E-state index contributed by atoms with van der Waals surface area (Å²) in [6.07, 6.45) is -8.55. The van der Waals surface area contributed by atoms with Gasteiger partial charge in [-0.25, -0.2) is 22.4 Å². The van der Waals surface area contributed by atoms with Gasteiger partial charge in [0.2, 0.25) is 0 Å². The third-order valence-corrected chi connectivity index (χ3v) is 1.62. The molecule has 0 N–H and O–H groups in total. The molecule has 0 fully saturated rings. The lowest BCUT2D eigenvalue weighted by Gasteiger charge is -2.06. The van der Waals surface area contributed by atoms with Gasteiger partial charge in [0.25, 0.3) is 24.9 Å². The molecule has 0 aromatic heterocycles. The number of ether oxygens (including phenoxy) is 2. The Bertz CT molecular complexity index is 340. The summed E-state index contributed by atoms with van der Waals surface area (Å²) in [5.74, 6) is 0. The zero-order valence-corrected chi connectivity index (χ0v) is 9.15. The van der Waals surface area contributed by atoms with Gasteiger partial charge in [0.05, 0.1) is 11.1 Å². The molecule has 104 valence electrons. The van der Waals surface area contributed by atoms with Crippen molar-refractivity contribution >= 4 is 6.16 Å². The Balaban J connectivity index is 4.65. The smallest absolute Gasteiger partial charge is 0.366 e. The molecule has 0 saturated heterocycles. The van der Waals surface area contributed by atoms with Gasteiger partial charge >= 0.3 is 6.16 Å². The van der Waals surface area contributed by atoms with Gasteiger partial charge in [-0.15, -0.1) is 0 Å². The minimum absolute atomic E-state index is 0.615. The van der Waals surface area contributed by atoms with Gasteiger partial charge < -0.3 is 9.47 Å². The van der Waals surface area contributed by atoms with Crippen LogP contribution in [0.1, 0.15) is 13.8 Å². The van der Waals surface area contributed by atoms with Crippen molar-refractivity contribution in [2.45, 2.75) is 26.7 Å². The third-order valence-electron chi connectivity index (χ3n) is 1.62. The molecule has 0 bridgehead atoms. The molecule has 0 atom stereocenters. The zero-order valence-electron chi connectivity index (χ0n) is 9.15. The number of alkyl halides is 4. The topological polar surface area (TPSA) is 35.5 Å². The first-order valence-corrected chi connectivity index (χ1v) is 4.35. The van der Waals surface area contributed by atoms with E-state index in [9.17, 15) is 31.1 Å². The fraction of sp³-hybridized carbons (Fsp3) is 0.444. The van der Waals surface area contributed by atoms with Crippen LogP contribution in [0.4, 0.5) is 31.1 Å². The number of hydrogen-bond donors (Lipinski definition) is 0. The summed E-state index contributed by atoms with van der Waals surface area (Å²) in [6, 6.07) is -3.98. The number of allylic oxidation sites excluding steroid dienone is 2. The highest BCUT2D eigenvalue weighted by Gasteiger charge is 2.21. The maximum absolute atomic E-state index is 12.7. The summed E-state index contributed by atoms with van der Waals surface area (Å²) in [5, 5.41) is 0. The van der Waals surface area contributed by atoms with Gasteiger partial charge in [-0.05, 0) is 13.8 Å². The Morgan fingerprint density at radius 1 is 0.833 bits per heavy atom. The lowest BCUT2D eigenvalue weighted by molar-refractivity contribution is 0.0582. The normalized spacial score (nSPS) is 14.3. The molecule has 0 radical (unpaired) electrons. The van der Waals surface area contributed by atoms with Crippen LogP contribution in [0.25, 0.3) is 0 Å². The van der Waals surface area contributed by atoms with Gasteiger partial charge in [-0.2, -0.15) is 8.78 Å². The van der Waals surface area contributed by atoms with E-state index in [1.54, 1.807) is 0 Å². The predicted octanol–water partition coefficient (Wildman–Crippen LogP) is 4.07. The quantitative estimate of drug-likeness (QED) is 0.441. The van der Waals surface area contributed by atoms with E-state index in [0.29, 0.717) is 13.8 Å². The molecule has 0 aromatic rings. The van der Waals surface area contributed by atoms with Gasteiger partial charge in [-0.3, -0.25) is 0 Å². The molecule has 0 spiro atoms. The van der Waals surface area contributed by atoms with Crippen molar-refractivity contribution in [3.05, 3.63) is 23.2 Å². The van der Waals surface area contributed by atoms with Gasteiger partial charge in [0, 0.05) is 0 Å². The molecule has 0 aliphatic heterocycles. The number of rotatable bonds is 4. The first kappa shape index (κ1) is 16.3. The average Bonchev–Trinajstić information content (AvgIpc) is 2.25. The van der Waals surface area contributed by atoms with Crippen molar-refractivity contribution < 1.29 is 40.6 Å². The molecule has 18 heavy (non-hydrogen) atoms. The summed E-state index contributed by atoms with van der Waals surface area (Å²) < 4.78 is 80.1. The molecular formula is C9H8F6O3. The second kappa shape index (κ2) is 6.92. The van der Waals surface area contributed by atoms with Crippen LogP contribution in [0.5, 0.6) is 0 Å². The Hall–Kier alpha value is -1.67. The molecule has 9 heteroatoms. The minimum Gasteiger partial charge on any atom is -0.366 e. The molecular weight excluding hydrogens is 270 g/mol. The lowest BCUT2D eigenvalue weighted by atomic mass is 10.3. The zero-order chi connectivity index (χ0) is 14.5. The van der Waals surface area contributed by atoms with Crippen LogP contribution in [0.15, 0.2) is 23.2 Å². The van der Waals surface area contributed by atoms with Crippen molar-refractivity contribution in [2.24, 2.45) is 0 Å². The molecule has 3 nitrogen and oxygen atoms in total. The highest BCUT2D eigenvalue weighted by molar-refractivity contribution is 5.62. The van der Waals surface area contributed by atoms with E-state index in [-0.39, 0.29) is 0 Å². The van der Waals surface area contributed by atoms with Crippen molar-refractivity contribution in [1.82, 2.24) is 0 Å². The first-order valence-electron chi connectivity index (χ1n) is 4.35. The average molecular weight is 278 g/mol. The molecule has 0 aliphatic carbocycles. The van der Waals surface area contributed by atoms with Crippen molar-refractivity contribution in [3.8, 4) is 0 Å². The van der Waals surface area contributed by atoms with Crippen molar-refractivity contribution in [3.63, 3.8) is 0 Å². The van der Waals surface area contributed by atoms with E-state index in [0.717, 1.165) is 0 Å². The Morgan fingerprint density at radius 2 is 1.11 bits per heavy atom. The van der Waals surface area contributed by atoms with E-state index in [2.05, 4.69) is 9.47 Å². The largest absolute Gasteiger partial charge is 0.523 e.